The minimum absolute atomic E-state index is 0.705. The summed E-state index contributed by atoms with van der Waals surface area (Å²) in [5.41, 5.74) is 1.20. The van der Waals surface area contributed by atoms with Gasteiger partial charge in [-0.05, 0) is 30.4 Å². The summed E-state index contributed by atoms with van der Waals surface area (Å²) < 4.78 is 5.79. The second-order valence-electron chi connectivity index (χ2n) is 4.65. The van der Waals surface area contributed by atoms with Gasteiger partial charge in [0.25, 0.3) is 0 Å². The molecule has 1 aliphatic rings. The van der Waals surface area contributed by atoms with Crippen molar-refractivity contribution in [3.8, 4) is 0 Å². The van der Waals surface area contributed by atoms with Crippen molar-refractivity contribution >= 4 is 12.6 Å². The van der Waals surface area contributed by atoms with Crippen LogP contribution in [0.4, 0.5) is 0 Å². The second kappa shape index (κ2) is 6.31. The van der Waals surface area contributed by atoms with Gasteiger partial charge in [-0.2, -0.15) is 0 Å². The summed E-state index contributed by atoms with van der Waals surface area (Å²) in [5.74, 6) is 0.792. The Balaban J connectivity index is 1.73. The van der Waals surface area contributed by atoms with Crippen molar-refractivity contribution in [1.82, 2.24) is 0 Å². The molecular formula is C14H20OS. The number of rotatable bonds is 4. The molecule has 1 aromatic carbocycles. The zero-order valence-electron chi connectivity index (χ0n) is 9.69. The van der Waals surface area contributed by atoms with Crippen molar-refractivity contribution in [2.24, 2.45) is 5.92 Å². The van der Waals surface area contributed by atoms with Gasteiger partial charge in [0, 0.05) is 11.5 Å². The van der Waals surface area contributed by atoms with Crippen LogP contribution in [0.3, 0.4) is 0 Å². The molecule has 88 valence electrons. The van der Waals surface area contributed by atoms with Crippen molar-refractivity contribution < 1.29 is 4.74 Å². The van der Waals surface area contributed by atoms with E-state index in [2.05, 4.69) is 18.7 Å². The predicted octanol–water partition coefficient (Wildman–Crippen LogP) is 4.07. The third kappa shape index (κ3) is 3.53. The lowest BCUT2D eigenvalue weighted by molar-refractivity contribution is 0.0728. The van der Waals surface area contributed by atoms with Gasteiger partial charge in [-0.25, -0.2) is 0 Å². The number of hydrogen-bond acceptors (Lipinski definition) is 2. The molecular weight excluding hydrogens is 216 g/mol. The lowest BCUT2D eigenvalue weighted by Crippen LogP contribution is -2.13. The molecule has 0 atom stereocenters. The van der Waals surface area contributed by atoms with Crippen LogP contribution >= 0.6 is 12.6 Å². The van der Waals surface area contributed by atoms with Gasteiger partial charge < -0.3 is 4.74 Å². The average molecular weight is 236 g/mol. The molecule has 16 heavy (non-hydrogen) atoms. The standard InChI is InChI=1S/C14H20OS/c16-14-9-5-4-8-13(14)11-15-10-12-6-2-1-3-7-12/h4-5,8-9,12,16H,1-3,6-7,10-11H2. The summed E-state index contributed by atoms with van der Waals surface area (Å²) in [6, 6.07) is 8.15. The first-order valence-corrected chi connectivity index (χ1v) is 6.65. The fourth-order valence-corrected chi connectivity index (χ4v) is 2.55. The van der Waals surface area contributed by atoms with Gasteiger partial charge in [0.15, 0.2) is 0 Å². The molecule has 2 rings (SSSR count). The van der Waals surface area contributed by atoms with Gasteiger partial charge in [-0.1, -0.05) is 37.5 Å². The highest BCUT2D eigenvalue weighted by Crippen LogP contribution is 2.24. The van der Waals surface area contributed by atoms with Crippen LogP contribution in [0.15, 0.2) is 29.2 Å². The summed E-state index contributed by atoms with van der Waals surface area (Å²) in [6.45, 7) is 1.62. The first-order chi connectivity index (χ1) is 7.86. The topological polar surface area (TPSA) is 9.23 Å². The Hall–Kier alpha value is -0.470. The van der Waals surface area contributed by atoms with Crippen LogP contribution in [-0.2, 0) is 11.3 Å². The molecule has 0 radical (unpaired) electrons. The van der Waals surface area contributed by atoms with E-state index in [1.807, 2.05) is 18.2 Å². The van der Waals surface area contributed by atoms with Gasteiger partial charge in [-0.3, -0.25) is 0 Å². The Morgan fingerprint density at radius 3 is 2.62 bits per heavy atom. The Bertz CT molecular complexity index is 318. The Morgan fingerprint density at radius 2 is 1.88 bits per heavy atom. The first kappa shape index (κ1) is 12.0. The fraction of sp³-hybridized carbons (Fsp3) is 0.571. The molecule has 1 aliphatic carbocycles. The van der Waals surface area contributed by atoms with Crippen LogP contribution in [0.5, 0.6) is 0 Å². The maximum absolute atomic E-state index is 5.79. The summed E-state index contributed by atoms with van der Waals surface area (Å²) in [6.07, 6.45) is 6.88. The number of ether oxygens (including phenoxy) is 1. The molecule has 0 heterocycles. The average Bonchev–Trinajstić information content (AvgIpc) is 2.33. The van der Waals surface area contributed by atoms with E-state index in [-0.39, 0.29) is 0 Å². The lowest BCUT2D eigenvalue weighted by Gasteiger charge is -2.21. The van der Waals surface area contributed by atoms with E-state index in [0.29, 0.717) is 6.61 Å². The molecule has 0 N–H and O–H groups in total. The number of thiol groups is 1. The summed E-state index contributed by atoms with van der Waals surface area (Å²) in [7, 11) is 0. The Kier molecular flexibility index (Phi) is 4.73. The van der Waals surface area contributed by atoms with Crippen LogP contribution in [0.1, 0.15) is 37.7 Å². The second-order valence-corrected chi connectivity index (χ2v) is 5.13. The van der Waals surface area contributed by atoms with Crippen molar-refractivity contribution in [2.75, 3.05) is 6.61 Å². The minimum atomic E-state index is 0.705. The highest BCUT2D eigenvalue weighted by atomic mass is 32.1. The quantitative estimate of drug-likeness (QED) is 0.775. The maximum atomic E-state index is 5.79. The molecule has 0 aromatic heterocycles. The van der Waals surface area contributed by atoms with Crippen LogP contribution in [0.2, 0.25) is 0 Å². The summed E-state index contributed by atoms with van der Waals surface area (Å²) in [4.78, 5) is 1.03. The van der Waals surface area contributed by atoms with Gasteiger partial charge in [-0.15, -0.1) is 12.6 Å². The highest BCUT2D eigenvalue weighted by molar-refractivity contribution is 7.80. The molecule has 1 aromatic rings. The molecule has 0 unspecified atom stereocenters. The molecule has 0 spiro atoms. The minimum Gasteiger partial charge on any atom is -0.376 e. The molecule has 0 aliphatic heterocycles. The van der Waals surface area contributed by atoms with Crippen molar-refractivity contribution in [3.05, 3.63) is 29.8 Å². The normalized spacial score (nSPS) is 17.6. The van der Waals surface area contributed by atoms with E-state index in [1.54, 1.807) is 0 Å². The van der Waals surface area contributed by atoms with Crippen molar-refractivity contribution in [2.45, 2.75) is 43.6 Å². The summed E-state index contributed by atoms with van der Waals surface area (Å²) in [5, 5.41) is 0. The third-order valence-corrected chi connectivity index (χ3v) is 3.76. The molecule has 1 nitrogen and oxygen atoms in total. The molecule has 1 fully saturated rings. The van der Waals surface area contributed by atoms with Crippen LogP contribution in [0, 0.1) is 5.92 Å². The number of hydrogen-bond donors (Lipinski definition) is 1. The van der Waals surface area contributed by atoms with Crippen molar-refractivity contribution in [1.29, 1.82) is 0 Å². The van der Waals surface area contributed by atoms with Crippen LogP contribution < -0.4 is 0 Å². The first-order valence-electron chi connectivity index (χ1n) is 6.21. The van der Waals surface area contributed by atoms with Crippen LogP contribution in [-0.4, -0.2) is 6.61 Å². The van der Waals surface area contributed by atoms with E-state index >= 15 is 0 Å². The zero-order chi connectivity index (χ0) is 11.2. The highest BCUT2D eigenvalue weighted by Gasteiger charge is 2.13. The van der Waals surface area contributed by atoms with Gasteiger partial charge >= 0.3 is 0 Å². The molecule has 2 heteroatoms. The van der Waals surface area contributed by atoms with Crippen molar-refractivity contribution in [3.63, 3.8) is 0 Å². The van der Waals surface area contributed by atoms with Crippen LogP contribution in [0.25, 0.3) is 0 Å². The molecule has 0 bridgehead atoms. The predicted molar refractivity (Wildman–Crippen MR) is 69.9 cm³/mol. The smallest absolute Gasteiger partial charge is 0.0727 e. The zero-order valence-corrected chi connectivity index (χ0v) is 10.6. The molecule has 1 saturated carbocycles. The van der Waals surface area contributed by atoms with E-state index in [4.69, 9.17) is 4.74 Å². The fourth-order valence-electron chi connectivity index (χ4n) is 2.32. The largest absolute Gasteiger partial charge is 0.376 e. The van der Waals surface area contributed by atoms with Gasteiger partial charge in [0.05, 0.1) is 6.61 Å². The Morgan fingerprint density at radius 1 is 1.12 bits per heavy atom. The lowest BCUT2D eigenvalue weighted by atomic mass is 9.90. The molecule has 0 saturated heterocycles. The van der Waals surface area contributed by atoms with Gasteiger partial charge in [0.1, 0.15) is 0 Å². The SMILES string of the molecule is Sc1ccccc1COCC1CCCCC1. The summed E-state index contributed by atoms with van der Waals surface area (Å²) >= 11 is 4.42. The maximum Gasteiger partial charge on any atom is 0.0727 e. The molecule has 0 amide bonds. The van der Waals surface area contributed by atoms with E-state index in [0.717, 1.165) is 17.4 Å². The monoisotopic (exact) mass is 236 g/mol. The van der Waals surface area contributed by atoms with Gasteiger partial charge in [0.2, 0.25) is 0 Å². The van der Waals surface area contributed by atoms with E-state index < -0.39 is 0 Å². The van der Waals surface area contributed by atoms with E-state index in [1.165, 1.54) is 37.7 Å². The third-order valence-electron chi connectivity index (χ3n) is 3.33. The van der Waals surface area contributed by atoms with E-state index in [9.17, 15) is 0 Å². The number of benzene rings is 1. The Labute approximate surface area is 104 Å².